The fourth-order valence-corrected chi connectivity index (χ4v) is 2.24. The first-order valence-electron chi connectivity index (χ1n) is 6.21. The van der Waals surface area contributed by atoms with Crippen molar-refractivity contribution in [2.45, 2.75) is 0 Å². The first kappa shape index (κ1) is 16.4. The van der Waals surface area contributed by atoms with E-state index >= 15 is 0 Å². The Morgan fingerprint density at radius 3 is 2.55 bits per heavy atom. The summed E-state index contributed by atoms with van der Waals surface area (Å²) in [6.07, 6.45) is 1.56. The van der Waals surface area contributed by atoms with Gasteiger partial charge < -0.3 is 10.5 Å². The van der Waals surface area contributed by atoms with Crippen molar-refractivity contribution in [3.05, 3.63) is 63.2 Å². The number of carbonyl (C=O) groups excluding carboxylic acids is 1. The monoisotopic (exact) mass is 425 g/mol. The molecule has 112 valence electrons. The summed E-state index contributed by atoms with van der Waals surface area (Å²) in [4.78, 5) is 12.1. The molecule has 2 aromatic carbocycles. The lowest BCUT2D eigenvalue weighted by molar-refractivity contribution is 0.0733. The summed E-state index contributed by atoms with van der Waals surface area (Å²) in [6.45, 7) is 0. The van der Waals surface area contributed by atoms with Crippen LogP contribution in [0.5, 0.6) is 5.75 Å². The quantitative estimate of drug-likeness (QED) is 0.197. The minimum Gasteiger partial charge on any atom is -0.423 e. The van der Waals surface area contributed by atoms with Crippen LogP contribution in [0.1, 0.15) is 15.9 Å². The zero-order chi connectivity index (χ0) is 15.9. The number of ether oxygens (including phenoxy) is 1. The number of benzene rings is 2. The molecule has 22 heavy (non-hydrogen) atoms. The van der Waals surface area contributed by atoms with Gasteiger partial charge in [0.15, 0.2) is 5.11 Å². The van der Waals surface area contributed by atoms with Gasteiger partial charge in [-0.2, -0.15) is 5.10 Å². The molecule has 0 saturated carbocycles. The number of nitrogens with two attached hydrogens (primary N) is 1. The average Bonchev–Trinajstić information content (AvgIpc) is 2.49. The third kappa shape index (κ3) is 4.78. The van der Waals surface area contributed by atoms with Crippen molar-refractivity contribution >= 4 is 52.1 Å². The third-order valence-corrected chi connectivity index (χ3v) is 3.60. The van der Waals surface area contributed by atoms with E-state index in [0.717, 1.165) is 9.13 Å². The predicted molar refractivity (Wildman–Crippen MR) is 98.1 cm³/mol. The van der Waals surface area contributed by atoms with Gasteiger partial charge in [-0.1, -0.05) is 12.1 Å². The lowest BCUT2D eigenvalue weighted by Gasteiger charge is -2.06. The molecular formula is C15H12IN3O2S. The predicted octanol–water partition coefficient (Wildman–Crippen LogP) is 2.68. The molecule has 0 radical (unpaired) electrons. The first-order chi connectivity index (χ1) is 10.6. The van der Waals surface area contributed by atoms with Gasteiger partial charge in [-0.15, -0.1) is 0 Å². The Bertz CT molecular complexity index is 717. The molecular weight excluding hydrogens is 413 g/mol. The molecule has 2 aromatic rings. The highest BCUT2D eigenvalue weighted by atomic mass is 127. The van der Waals surface area contributed by atoms with E-state index in [2.05, 4.69) is 45.3 Å². The molecule has 0 heterocycles. The molecule has 0 spiro atoms. The number of thiocarbonyl (C=S) groups is 1. The lowest BCUT2D eigenvalue weighted by Crippen LogP contribution is -2.23. The summed E-state index contributed by atoms with van der Waals surface area (Å²) in [5, 5.41) is 3.94. The van der Waals surface area contributed by atoms with E-state index in [1.165, 1.54) is 0 Å². The number of halogens is 1. The van der Waals surface area contributed by atoms with Gasteiger partial charge >= 0.3 is 5.97 Å². The van der Waals surface area contributed by atoms with Crippen molar-refractivity contribution in [2.75, 3.05) is 0 Å². The second-order valence-corrected chi connectivity index (χ2v) is 5.77. The Balaban J connectivity index is 2.02. The second-order valence-electron chi connectivity index (χ2n) is 4.17. The van der Waals surface area contributed by atoms with Gasteiger partial charge in [0.25, 0.3) is 0 Å². The zero-order valence-electron chi connectivity index (χ0n) is 11.3. The molecule has 0 saturated heterocycles. The number of carbonyl (C=O) groups is 1. The minimum absolute atomic E-state index is 0.0965. The largest absolute Gasteiger partial charge is 0.423 e. The topological polar surface area (TPSA) is 76.7 Å². The van der Waals surface area contributed by atoms with Crippen LogP contribution in [0.3, 0.4) is 0 Å². The molecule has 5 nitrogen and oxygen atoms in total. The van der Waals surface area contributed by atoms with E-state index in [4.69, 9.17) is 10.5 Å². The van der Waals surface area contributed by atoms with Crippen molar-refractivity contribution in [1.82, 2.24) is 5.43 Å². The first-order valence-corrected chi connectivity index (χ1v) is 7.70. The maximum atomic E-state index is 12.1. The highest BCUT2D eigenvalue weighted by molar-refractivity contribution is 14.1. The normalized spacial score (nSPS) is 10.4. The van der Waals surface area contributed by atoms with Crippen LogP contribution in [0.2, 0.25) is 0 Å². The highest BCUT2D eigenvalue weighted by Gasteiger charge is 2.11. The molecule has 3 N–H and O–H groups in total. The zero-order valence-corrected chi connectivity index (χ0v) is 14.3. The summed E-state index contributed by atoms with van der Waals surface area (Å²) in [5.74, 6) is 0.0747. The molecule has 2 rings (SSSR count). The van der Waals surface area contributed by atoms with Crippen LogP contribution >= 0.6 is 34.8 Å². The maximum Gasteiger partial charge on any atom is 0.344 e. The molecule has 0 aliphatic heterocycles. The fraction of sp³-hybridized carbons (Fsp3) is 0. The molecule has 0 amide bonds. The van der Waals surface area contributed by atoms with Crippen molar-refractivity contribution < 1.29 is 9.53 Å². The van der Waals surface area contributed by atoms with E-state index in [9.17, 15) is 4.79 Å². The van der Waals surface area contributed by atoms with Crippen molar-refractivity contribution in [3.8, 4) is 5.75 Å². The molecule has 0 aliphatic rings. The van der Waals surface area contributed by atoms with Gasteiger partial charge in [-0.25, -0.2) is 4.79 Å². The Hall–Kier alpha value is -2.00. The summed E-state index contributed by atoms with van der Waals surface area (Å²) in [7, 11) is 0. The van der Waals surface area contributed by atoms with E-state index in [1.54, 1.807) is 42.6 Å². The van der Waals surface area contributed by atoms with Crippen LogP contribution in [0, 0.1) is 3.57 Å². The minimum atomic E-state index is -0.387. The Labute approximate surface area is 146 Å². The summed E-state index contributed by atoms with van der Waals surface area (Å²) >= 11 is 6.73. The van der Waals surface area contributed by atoms with Crippen LogP contribution in [0.15, 0.2) is 53.6 Å². The van der Waals surface area contributed by atoms with Crippen molar-refractivity contribution in [1.29, 1.82) is 0 Å². The number of hydrogen-bond donors (Lipinski definition) is 2. The van der Waals surface area contributed by atoms with Crippen LogP contribution in [-0.2, 0) is 0 Å². The Morgan fingerprint density at radius 1 is 1.23 bits per heavy atom. The molecule has 0 aliphatic carbocycles. The molecule has 0 atom stereocenters. The van der Waals surface area contributed by atoms with E-state index in [1.807, 2.05) is 12.1 Å². The summed E-state index contributed by atoms with van der Waals surface area (Å²) < 4.78 is 6.18. The Morgan fingerprint density at radius 2 is 1.91 bits per heavy atom. The standard InChI is InChI=1S/C15H12IN3O2S/c16-13-4-2-1-3-12(13)14(20)21-11-7-5-10(6-8-11)9-18-19-15(17)22/h1-9H,(H3,17,19,22)/b18-9+. The van der Waals surface area contributed by atoms with Gasteiger partial charge in [0.2, 0.25) is 0 Å². The highest BCUT2D eigenvalue weighted by Crippen LogP contribution is 2.16. The molecule has 7 heteroatoms. The van der Waals surface area contributed by atoms with Gasteiger partial charge in [0, 0.05) is 3.57 Å². The van der Waals surface area contributed by atoms with E-state index in [0.29, 0.717) is 11.3 Å². The maximum absolute atomic E-state index is 12.1. The van der Waals surface area contributed by atoms with E-state index in [-0.39, 0.29) is 11.1 Å². The number of nitrogens with zero attached hydrogens (tertiary/aromatic N) is 1. The summed E-state index contributed by atoms with van der Waals surface area (Å²) in [5.41, 5.74) is 9.07. The van der Waals surface area contributed by atoms with Gasteiger partial charge in [-0.3, -0.25) is 5.43 Å². The smallest absolute Gasteiger partial charge is 0.344 e. The van der Waals surface area contributed by atoms with Gasteiger partial charge in [0.05, 0.1) is 11.8 Å². The van der Waals surface area contributed by atoms with Gasteiger partial charge in [0.1, 0.15) is 5.75 Å². The van der Waals surface area contributed by atoms with Crippen molar-refractivity contribution in [2.24, 2.45) is 10.8 Å². The number of hydrogen-bond acceptors (Lipinski definition) is 4. The SMILES string of the molecule is NC(=S)N/N=C/c1ccc(OC(=O)c2ccccc2I)cc1. The average molecular weight is 425 g/mol. The van der Waals surface area contributed by atoms with E-state index < -0.39 is 0 Å². The van der Waals surface area contributed by atoms with Crippen LogP contribution in [0.25, 0.3) is 0 Å². The molecule has 0 unspecified atom stereocenters. The number of rotatable bonds is 4. The lowest BCUT2D eigenvalue weighted by atomic mass is 10.2. The third-order valence-electron chi connectivity index (χ3n) is 2.57. The van der Waals surface area contributed by atoms with Gasteiger partial charge in [-0.05, 0) is 76.8 Å². The van der Waals surface area contributed by atoms with Crippen LogP contribution in [0.4, 0.5) is 0 Å². The second kappa shape index (κ2) is 7.85. The number of nitrogens with one attached hydrogen (secondary N) is 1. The molecule has 0 bridgehead atoms. The number of esters is 1. The fourth-order valence-electron chi connectivity index (χ4n) is 1.58. The summed E-state index contributed by atoms with van der Waals surface area (Å²) in [6, 6.07) is 14.2. The van der Waals surface area contributed by atoms with Crippen molar-refractivity contribution in [3.63, 3.8) is 0 Å². The van der Waals surface area contributed by atoms with Crippen LogP contribution < -0.4 is 15.9 Å². The van der Waals surface area contributed by atoms with Crippen LogP contribution in [-0.4, -0.2) is 17.3 Å². The molecule has 0 fully saturated rings. The Kier molecular flexibility index (Phi) is 5.84. The number of hydrazone groups is 1. The molecule has 0 aromatic heterocycles.